The summed E-state index contributed by atoms with van der Waals surface area (Å²) in [6.45, 7) is 6.39. The largest absolute Gasteiger partial charge is 0.462 e. The summed E-state index contributed by atoms with van der Waals surface area (Å²) in [5.74, 6) is -0.935. The van der Waals surface area contributed by atoms with Crippen molar-refractivity contribution in [2.75, 3.05) is 13.2 Å². The maximum Gasteiger partial charge on any atom is 0.306 e. The van der Waals surface area contributed by atoms with E-state index in [2.05, 4.69) is 118 Å². The van der Waals surface area contributed by atoms with Crippen molar-refractivity contribution in [3.63, 3.8) is 0 Å². The number of ether oxygens (including phenoxy) is 3. The number of esters is 3. The zero-order chi connectivity index (χ0) is 49.3. The fraction of sp³-hybridized carbons (Fsp3) is 0.694. The number of hydrogen-bond acceptors (Lipinski definition) is 6. The Morgan fingerprint density at radius 1 is 0.309 bits per heavy atom. The van der Waals surface area contributed by atoms with Gasteiger partial charge in [0.1, 0.15) is 13.2 Å². The molecular formula is C62H104O6. The number of allylic oxidation sites excluding steroid dienone is 16. The van der Waals surface area contributed by atoms with Gasteiger partial charge in [-0.3, -0.25) is 14.4 Å². The Morgan fingerprint density at radius 2 is 0.574 bits per heavy atom. The summed E-state index contributed by atoms with van der Waals surface area (Å²) in [7, 11) is 0. The normalized spacial score (nSPS) is 12.8. The predicted molar refractivity (Wildman–Crippen MR) is 293 cm³/mol. The number of unbranched alkanes of at least 4 members (excludes halogenated alkanes) is 23. The monoisotopic (exact) mass is 945 g/mol. The minimum absolute atomic E-state index is 0.0924. The molecule has 388 valence electrons. The van der Waals surface area contributed by atoms with Crippen LogP contribution < -0.4 is 0 Å². The zero-order valence-electron chi connectivity index (χ0n) is 44.3. The molecule has 1 atom stereocenters. The SMILES string of the molecule is CC/C=C\C/C=C\C/C=C\C/C=C\C/C=C\CCCCCC(=O)OCC(COC(=O)CCCCCCCCCCCCCCCCC)OC(=O)CCCCCCCC/C=C\C/C=C\C/C=C\CC. The quantitative estimate of drug-likeness (QED) is 0.0262. The number of hydrogen-bond donors (Lipinski definition) is 0. The molecule has 6 nitrogen and oxygen atoms in total. The van der Waals surface area contributed by atoms with Crippen LogP contribution in [0, 0.1) is 0 Å². The minimum Gasteiger partial charge on any atom is -0.462 e. The van der Waals surface area contributed by atoms with Gasteiger partial charge in [-0.05, 0) is 96.3 Å². The molecule has 0 radical (unpaired) electrons. The third kappa shape index (κ3) is 53.3. The van der Waals surface area contributed by atoms with Gasteiger partial charge in [-0.2, -0.15) is 0 Å². The first-order valence-corrected chi connectivity index (χ1v) is 28.2. The summed E-state index contributed by atoms with van der Waals surface area (Å²) < 4.78 is 16.8. The van der Waals surface area contributed by atoms with Crippen LogP contribution in [-0.4, -0.2) is 37.2 Å². The standard InChI is InChI=1S/C62H104O6/c1-4-7-10-13-16-19-22-25-28-30-31-32-35-37-40-43-46-49-52-55-61(64)67-58-59(57-66-60(63)54-51-48-45-42-39-36-33-27-24-21-18-15-12-9-6-3)68-62(65)56-53-50-47-44-41-38-34-29-26-23-20-17-14-11-8-5-2/h7-8,10-11,16-17,19-20,25-26,28-29,31-32,37,40,59H,4-6,9,12-15,18,21-24,27,30,33-36,38-39,41-58H2,1-3H3/b10-7-,11-8-,19-16-,20-17-,28-25-,29-26-,32-31-,40-37-. The lowest BCUT2D eigenvalue weighted by molar-refractivity contribution is -0.167. The number of rotatable bonds is 50. The van der Waals surface area contributed by atoms with Crippen LogP contribution in [0.3, 0.4) is 0 Å². The van der Waals surface area contributed by atoms with Crippen molar-refractivity contribution in [1.82, 2.24) is 0 Å². The average molecular weight is 946 g/mol. The van der Waals surface area contributed by atoms with Crippen LogP contribution in [0.5, 0.6) is 0 Å². The van der Waals surface area contributed by atoms with Crippen molar-refractivity contribution >= 4 is 17.9 Å². The lowest BCUT2D eigenvalue weighted by Crippen LogP contribution is -2.30. The van der Waals surface area contributed by atoms with Gasteiger partial charge in [0.2, 0.25) is 0 Å². The molecule has 0 aliphatic rings. The molecule has 1 unspecified atom stereocenters. The van der Waals surface area contributed by atoms with Gasteiger partial charge in [0, 0.05) is 19.3 Å². The summed E-state index contributed by atoms with van der Waals surface area (Å²) in [4.78, 5) is 38.1. The van der Waals surface area contributed by atoms with E-state index in [9.17, 15) is 14.4 Å². The average Bonchev–Trinajstić information content (AvgIpc) is 3.34. The van der Waals surface area contributed by atoms with Crippen molar-refractivity contribution < 1.29 is 28.6 Å². The Hall–Kier alpha value is -3.67. The Kier molecular flexibility index (Phi) is 52.9. The van der Waals surface area contributed by atoms with E-state index in [1.54, 1.807) is 0 Å². The summed E-state index contributed by atoms with van der Waals surface area (Å²) in [5.41, 5.74) is 0. The first-order chi connectivity index (χ1) is 33.5. The van der Waals surface area contributed by atoms with Gasteiger partial charge < -0.3 is 14.2 Å². The van der Waals surface area contributed by atoms with E-state index < -0.39 is 6.10 Å². The maximum absolute atomic E-state index is 12.8. The molecule has 0 rings (SSSR count). The second kappa shape index (κ2) is 55.9. The third-order valence-electron chi connectivity index (χ3n) is 11.8. The molecule has 0 bridgehead atoms. The minimum atomic E-state index is -0.798. The van der Waals surface area contributed by atoms with E-state index in [4.69, 9.17) is 14.2 Å². The molecule has 0 aromatic heterocycles. The summed E-state index contributed by atoms with van der Waals surface area (Å²) >= 11 is 0. The molecule has 0 aliphatic carbocycles. The Bertz CT molecular complexity index is 1360. The van der Waals surface area contributed by atoms with Gasteiger partial charge in [0.15, 0.2) is 6.10 Å². The van der Waals surface area contributed by atoms with Gasteiger partial charge in [-0.15, -0.1) is 0 Å². The zero-order valence-corrected chi connectivity index (χ0v) is 44.3. The number of carbonyl (C=O) groups excluding carboxylic acids is 3. The van der Waals surface area contributed by atoms with Crippen LogP contribution in [0.15, 0.2) is 97.2 Å². The van der Waals surface area contributed by atoms with Crippen LogP contribution in [0.1, 0.15) is 258 Å². The fourth-order valence-electron chi connectivity index (χ4n) is 7.66. The lowest BCUT2D eigenvalue weighted by Gasteiger charge is -2.18. The summed E-state index contributed by atoms with van der Waals surface area (Å²) in [6.07, 6.45) is 73.9. The predicted octanol–water partition coefficient (Wildman–Crippen LogP) is 18.9. The fourth-order valence-corrected chi connectivity index (χ4v) is 7.66. The van der Waals surface area contributed by atoms with Gasteiger partial charge in [0.25, 0.3) is 0 Å². The van der Waals surface area contributed by atoms with Crippen LogP contribution in [0.25, 0.3) is 0 Å². The smallest absolute Gasteiger partial charge is 0.306 e. The Balaban J connectivity index is 4.46. The van der Waals surface area contributed by atoms with Crippen molar-refractivity contribution in [3.05, 3.63) is 97.2 Å². The van der Waals surface area contributed by atoms with E-state index in [0.717, 1.165) is 128 Å². The molecular weight excluding hydrogens is 841 g/mol. The molecule has 0 amide bonds. The molecule has 0 saturated carbocycles. The number of carbonyl (C=O) groups is 3. The van der Waals surface area contributed by atoms with Crippen LogP contribution in [0.4, 0.5) is 0 Å². The van der Waals surface area contributed by atoms with E-state index in [0.29, 0.717) is 19.3 Å². The molecule has 0 spiro atoms. The van der Waals surface area contributed by atoms with Gasteiger partial charge >= 0.3 is 17.9 Å². The Labute approximate surface area is 419 Å². The topological polar surface area (TPSA) is 78.9 Å². The first-order valence-electron chi connectivity index (χ1n) is 28.2. The molecule has 0 aliphatic heterocycles. The highest BCUT2D eigenvalue weighted by molar-refractivity contribution is 5.71. The molecule has 68 heavy (non-hydrogen) atoms. The molecule has 0 aromatic rings. The van der Waals surface area contributed by atoms with Crippen molar-refractivity contribution in [1.29, 1.82) is 0 Å². The Morgan fingerprint density at radius 3 is 0.912 bits per heavy atom. The highest BCUT2D eigenvalue weighted by Crippen LogP contribution is 2.15. The summed E-state index contributed by atoms with van der Waals surface area (Å²) in [5, 5.41) is 0. The van der Waals surface area contributed by atoms with Crippen LogP contribution in [0.2, 0.25) is 0 Å². The van der Waals surface area contributed by atoms with Gasteiger partial charge in [0.05, 0.1) is 0 Å². The maximum atomic E-state index is 12.8. The van der Waals surface area contributed by atoms with E-state index in [1.165, 1.54) is 89.9 Å². The molecule has 0 heterocycles. The second-order valence-corrected chi connectivity index (χ2v) is 18.4. The highest BCUT2D eigenvalue weighted by atomic mass is 16.6. The third-order valence-corrected chi connectivity index (χ3v) is 11.8. The molecule has 0 saturated heterocycles. The second-order valence-electron chi connectivity index (χ2n) is 18.4. The van der Waals surface area contributed by atoms with E-state index in [1.807, 2.05) is 0 Å². The molecule has 0 N–H and O–H groups in total. The summed E-state index contributed by atoms with van der Waals surface area (Å²) in [6, 6.07) is 0. The highest BCUT2D eigenvalue weighted by Gasteiger charge is 2.19. The van der Waals surface area contributed by atoms with Crippen molar-refractivity contribution in [2.45, 2.75) is 264 Å². The van der Waals surface area contributed by atoms with Gasteiger partial charge in [-0.25, -0.2) is 0 Å². The van der Waals surface area contributed by atoms with Crippen LogP contribution in [-0.2, 0) is 28.6 Å². The van der Waals surface area contributed by atoms with Crippen LogP contribution >= 0.6 is 0 Å². The molecule has 0 aromatic carbocycles. The van der Waals surface area contributed by atoms with Crippen molar-refractivity contribution in [2.24, 2.45) is 0 Å². The van der Waals surface area contributed by atoms with E-state index in [-0.39, 0.29) is 31.1 Å². The van der Waals surface area contributed by atoms with Gasteiger partial charge in [-0.1, -0.05) is 240 Å². The first kappa shape index (κ1) is 64.3. The lowest BCUT2D eigenvalue weighted by atomic mass is 10.0. The molecule has 0 fully saturated rings. The van der Waals surface area contributed by atoms with Crippen molar-refractivity contribution in [3.8, 4) is 0 Å². The van der Waals surface area contributed by atoms with E-state index >= 15 is 0 Å². The molecule has 6 heteroatoms.